The van der Waals surface area contributed by atoms with E-state index in [4.69, 9.17) is 0 Å². The Balaban J connectivity index is 4.01. The van der Waals surface area contributed by atoms with Crippen LogP contribution in [0.15, 0.2) is 4.40 Å². The van der Waals surface area contributed by atoms with Crippen molar-refractivity contribution in [2.24, 2.45) is 4.40 Å². The van der Waals surface area contributed by atoms with E-state index in [1.54, 1.807) is 20.8 Å². The van der Waals surface area contributed by atoms with Crippen molar-refractivity contribution in [1.29, 1.82) is 0 Å². The molecule has 0 heterocycles. The SMILES string of the molecule is CC(OC/C=N/[S@](=O)C(C)(C)C)C(F)(F)F. The fraction of sp³-hybridized carbons (Fsp3) is 0.889. The summed E-state index contributed by atoms with van der Waals surface area (Å²) in [6.45, 7) is 5.77. The molecule has 0 amide bonds. The number of hydrogen-bond acceptors (Lipinski definition) is 2. The Hall–Kier alpha value is -0.430. The van der Waals surface area contributed by atoms with Crippen LogP contribution in [-0.4, -0.2) is 34.1 Å². The molecule has 2 atom stereocenters. The highest BCUT2D eigenvalue weighted by molar-refractivity contribution is 7.85. The molecular weight excluding hydrogens is 243 g/mol. The van der Waals surface area contributed by atoms with E-state index >= 15 is 0 Å². The molecule has 0 fully saturated rings. The van der Waals surface area contributed by atoms with Gasteiger partial charge in [-0.05, 0) is 27.7 Å². The molecule has 0 aliphatic carbocycles. The summed E-state index contributed by atoms with van der Waals surface area (Å²) < 4.78 is 54.9. The Morgan fingerprint density at radius 3 is 2.25 bits per heavy atom. The molecule has 7 heteroatoms. The van der Waals surface area contributed by atoms with Crippen LogP contribution in [0.25, 0.3) is 0 Å². The lowest BCUT2D eigenvalue weighted by Crippen LogP contribution is -2.29. The molecule has 0 rings (SSSR count). The summed E-state index contributed by atoms with van der Waals surface area (Å²) in [4.78, 5) is 0. The Morgan fingerprint density at radius 1 is 1.38 bits per heavy atom. The Bertz CT molecular complexity index is 271. The summed E-state index contributed by atoms with van der Waals surface area (Å²) in [5.41, 5.74) is 0. The van der Waals surface area contributed by atoms with Gasteiger partial charge in [0.1, 0.15) is 11.0 Å². The molecule has 0 aliphatic heterocycles. The highest BCUT2D eigenvalue weighted by Gasteiger charge is 2.36. The van der Waals surface area contributed by atoms with E-state index in [1.165, 1.54) is 0 Å². The highest BCUT2D eigenvalue weighted by atomic mass is 32.2. The minimum absolute atomic E-state index is 0.303. The first-order chi connectivity index (χ1) is 7.05. The molecule has 0 saturated carbocycles. The summed E-state index contributed by atoms with van der Waals surface area (Å²) >= 11 is 0. The maximum atomic E-state index is 12.0. The van der Waals surface area contributed by atoms with E-state index in [9.17, 15) is 17.4 Å². The molecule has 96 valence electrons. The molecular formula is C9H16F3NO2S. The van der Waals surface area contributed by atoms with Crippen LogP contribution >= 0.6 is 0 Å². The van der Waals surface area contributed by atoms with Crippen LogP contribution in [0.3, 0.4) is 0 Å². The average Bonchev–Trinajstić information content (AvgIpc) is 2.08. The van der Waals surface area contributed by atoms with Crippen LogP contribution in [0.1, 0.15) is 27.7 Å². The zero-order valence-corrected chi connectivity index (χ0v) is 10.5. The van der Waals surface area contributed by atoms with Crippen molar-refractivity contribution in [2.75, 3.05) is 6.61 Å². The number of halogens is 3. The van der Waals surface area contributed by atoms with Crippen molar-refractivity contribution in [1.82, 2.24) is 0 Å². The van der Waals surface area contributed by atoms with Gasteiger partial charge in [-0.25, -0.2) is 4.21 Å². The van der Waals surface area contributed by atoms with Gasteiger partial charge in [-0.1, -0.05) is 0 Å². The fourth-order valence-corrected chi connectivity index (χ4v) is 1.05. The topological polar surface area (TPSA) is 38.7 Å². The molecule has 0 aliphatic rings. The fourth-order valence-electron chi connectivity index (χ4n) is 0.538. The number of hydrogen-bond donors (Lipinski definition) is 0. The molecule has 0 aromatic heterocycles. The quantitative estimate of drug-likeness (QED) is 0.727. The zero-order valence-electron chi connectivity index (χ0n) is 9.67. The van der Waals surface area contributed by atoms with Gasteiger partial charge in [0.25, 0.3) is 0 Å². The van der Waals surface area contributed by atoms with Crippen LogP contribution in [0.4, 0.5) is 13.2 Å². The van der Waals surface area contributed by atoms with Gasteiger partial charge in [0.15, 0.2) is 6.10 Å². The first-order valence-corrected chi connectivity index (χ1v) is 5.78. The Morgan fingerprint density at radius 2 is 1.88 bits per heavy atom. The standard InChI is InChI=1S/C9H16F3NO2S/c1-7(9(10,11)12)15-6-5-13-16(14)8(2,3)4/h5,7H,6H2,1-4H3/b13-5+/t7?,16-/m1/s1. The van der Waals surface area contributed by atoms with Crippen LogP contribution in [0.2, 0.25) is 0 Å². The van der Waals surface area contributed by atoms with Crippen LogP contribution < -0.4 is 0 Å². The molecule has 16 heavy (non-hydrogen) atoms. The smallest absolute Gasteiger partial charge is 0.363 e. The number of rotatable bonds is 4. The molecule has 0 saturated heterocycles. The lowest BCUT2D eigenvalue weighted by molar-refractivity contribution is -0.209. The molecule has 0 aromatic rings. The molecule has 0 spiro atoms. The van der Waals surface area contributed by atoms with Gasteiger partial charge < -0.3 is 4.74 Å². The van der Waals surface area contributed by atoms with Gasteiger partial charge in [-0.2, -0.15) is 17.6 Å². The second-order valence-electron chi connectivity index (χ2n) is 4.17. The minimum atomic E-state index is -4.38. The first-order valence-electron chi connectivity index (χ1n) is 4.68. The average molecular weight is 259 g/mol. The minimum Gasteiger partial charge on any atom is -0.363 e. The molecule has 0 radical (unpaired) electrons. The van der Waals surface area contributed by atoms with Gasteiger partial charge in [0.05, 0.1) is 11.4 Å². The van der Waals surface area contributed by atoms with Crippen molar-refractivity contribution in [2.45, 2.75) is 44.7 Å². The Kier molecular flexibility index (Phi) is 5.61. The van der Waals surface area contributed by atoms with Gasteiger partial charge in [0, 0.05) is 6.21 Å². The van der Waals surface area contributed by atoms with E-state index < -0.39 is 28.0 Å². The number of nitrogens with zero attached hydrogens (tertiary/aromatic N) is 1. The lowest BCUT2D eigenvalue weighted by Gasteiger charge is -2.15. The van der Waals surface area contributed by atoms with Crippen molar-refractivity contribution >= 4 is 17.2 Å². The maximum Gasteiger partial charge on any atom is 0.414 e. The first kappa shape index (κ1) is 15.6. The predicted octanol–water partition coefficient (Wildman–Crippen LogP) is 2.49. The molecule has 0 bridgehead atoms. The monoisotopic (exact) mass is 259 g/mol. The second-order valence-corrected chi connectivity index (χ2v) is 6.10. The lowest BCUT2D eigenvalue weighted by atomic mass is 10.3. The second kappa shape index (κ2) is 5.77. The normalized spacial score (nSPS) is 17.7. The zero-order chi connectivity index (χ0) is 13.0. The van der Waals surface area contributed by atoms with Crippen molar-refractivity contribution in [3.8, 4) is 0 Å². The van der Waals surface area contributed by atoms with Gasteiger partial charge in [-0.3, -0.25) is 0 Å². The van der Waals surface area contributed by atoms with Crippen molar-refractivity contribution in [3.63, 3.8) is 0 Å². The third kappa shape index (κ3) is 6.22. The van der Waals surface area contributed by atoms with E-state index in [-0.39, 0.29) is 6.61 Å². The highest BCUT2D eigenvalue weighted by Crippen LogP contribution is 2.21. The summed E-state index contributed by atoms with van der Waals surface area (Å²) in [6.07, 6.45) is -5.12. The van der Waals surface area contributed by atoms with Gasteiger partial charge >= 0.3 is 6.18 Å². The number of ether oxygens (including phenoxy) is 1. The van der Waals surface area contributed by atoms with Crippen molar-refractivity contribution in [3.05, 3.63) is 0 Å². The molecule has 0 aromatic carbocycles. The van der Waals surface area contributed by atoms with Gasteiger partial charge in [0.2, 0.25) is 0 Å². The maximum absolute atomic E-state index is 12.0. The van der Waals surface area contributed by atoms with Gasteiger partial charge in [-0.15, -0.1) is 0 Å². The van der Waals surface area contributed by atoms with E-state index in [0.29, 0.717) is 0 Å². The van der Waals surface area contributed by atoms with E-state index in [2.05, 4.69) is 9.13 Å². The number of alkyl halides is 3. The van der Waals surface area contributed by atoms with E-state index in [0.717, 1.165) is 13.1 Å². The van der Waals surface area contributed by atoms with E-state index in [1.807, 2.05) is 0 Å². The van der Waals surface area contributed by atoms with Crippen LogP contribution in [-0.2, 0) is 15.7 Å². The predicted molar refractivity (Wildman–Crippen MR) is 57.9 cm³/mol. The summed E-state index contributed by atoms with van der Waals surface area (Å²) in [7, 11) is -1.46. The summed E-state index contributed by atoms with van der Waals surface area (Å²) in [6, 6.07) is 0. The third-order valence-corrected chi connectivity index (χ3v) is 2.96. The third-order valence-electron chi connectivity index (χ3n) is 1.58. The van der Waals surface area contributed by atoms with Crippen molar-refractivity contribution < 1.29 is 22.1 Å². The Labute approximate surface area is 95.7 Å². The molecule has 3 nitrogen and oxygen atoms in total. The van der Waals surface area contributed by atoms with Crippen LogP contribution in [0.5, 0.6) is 0 Å². The molecule has 0 N–H and O–H groups in total. The molecule has 1 unspecified atom stereocenters. The summed E-state index contributed by atoms with van der Waals surface area (Å²) in [5.74, 6) is 0. The largest absolute Gasteiger partial charge is 0.414 e. The summed E-state index contributed by atoms with van der Waals surface area (Å²) in [5, 5.41) is 0. The van der Waals surface area contributed by atoms with Crippen LogP contribution in [0, 0.1) is 0 Å².